The summed E-state index contributed by atoms with van der Waals surface area (Å²) < 4.78 is 6.12. The number of thiophene rings is 1. The van der Waals surface area contributed by atoms with E-state index in [-0.39, 0.29) is 5.91 Å². The van der Waals surface area contributed by atoms with Crippen molar-refractivity contribution in [2.75, 3.05) is 26.7 Å². The number of carbonyl (C=O) groups excluding carboxylic acids is 1. The van der Waals surface area contributed by atoms with Crippen LogP contribution < -0.4 is 10.1 Å². The lowest BCUT2D eigenvalue weighted by Crippen LogP contribution is -2.46. The Kier molecular flexibility index (Phi) is 5.86. The highest BCUT2D eigenvalue weighted by atomic mass is 79.9. The zero-order valence-electron chi connectivity index (χ0n) is 11.9. The van der Waals surface area contributed by atoms with Gasteiger partial charge in [-0.05, 0) is 48.3 Å². The first kappa shape index (κ1) is 15.8. The maximum atomic E-state index is 12.8. The number of carbonyl (C=O) groups is 1. The minimum absolute atomic E-state index is 0.132. The van der Waals surface area contributed by atoms with Gasteiger partial charge in [0, 0.05) is 18.7 Å². The molecule has 112 valence electrons. The molecule has 2 heterocycles. The molecule has 2 rings (SSSR count). The number of halogens is 1. The van der Waals surface area contributed by atoms with Gasteiger partial charge in [0.2, 0.25) is 0 Å². The smallest absolute Gasteiger partial charge is 0.264 e. The normalized spacial score (nSPS) is 16.1. The molecule has 4 nitrogen and oxygen atoms in total. The Hall–Kier alpha value is -0.590. The van der Waals surface area contributed by atoms with Crippen LogP contribution >= 0.6 is 27.3 Å². The van der Waals surface area contributed by atoms with Gasteiger partial charge in [0.25, 0.3) is 5.91 Å². The van der Waals surface area contributed by atoms with Gasteiger partial charge in [-0.3, -0.25) is 4.79 Å². The summed E-state index contributed by atoms with van der Waals surface area (Å²) in [5.41, 5.74) is 0. The molecule has 1 amide bonds. The second kappa shape index (κ2) is 7.43. The fourth-order valence-electron chi connectivity index (χ4n) is 2.55. The molecular weight excluding hydrogens is 340 g/mol. The molecule has 1 aliphatic rings. The molecule has 1 saturated heterocycles. The highest BCUT2D eigenvalue weighted by molar-refractivity contribution is 9.11. The van der Waals surface area contributed by atoms with E-state index in [2.05, 4.69) is 28.2 Å². The zero-order chi connectivity index (χ0) is 14.5. The summed E-state index contributed by atoms with van der Waals surface area (Å²) in [4.78, 5) is 15.5. The third-order valence-corrected chi connectivity index (χ3v) is 5.33. The van der Waals surface area contributed by atoms with Crippen LogP contribution in [0.2, 0.25) is 0 Å². The van der Waals surface area contributed by atoms with E-state index in [0.29, 0.717) is 6.04 Å². The van der Waals surface area contributed by atoms with Crippen LogP contribution in [-0.2, 0) is 0 Å². The van der Waals surface area contributed by atoms with Crippen LogP contribution in [0.25, 0.3) is 0 Å². The van der Waals surface area contributed by atoms with Crippen molar-refractivity contribution in [2.24, 2.45) is 0 Å². The fourth-order valence-corrected chi connectivity index (χ4v) is 4.15. The molecule has 0 aliphatic carbocycles. The van der Waals surface area contributed by atoms with Crippen LogP contribution in [0.4, 0.5) is 0 Å². The molecule has 1 aromatic heterocycles. The van der Waals surface area contributed by atoms with Crippen molar-refractivity contribution in [3.8, 4) is 5.75 Å². The van der Waals surface area contributed by atoms with Crippen LogP contribution in [0.3, 0.4) is 0 Å². The van der Waals surface area contributed by atoms with E-state index in [1.54, 1.807) is 7.11 Å². The summed E-state index contributed by atoms with van der Waals surface area (Å²) in [6, 6.07) is 2.19. The largest absolute Gasteiger partial charge is 0.495 e. The van der Waals surface area contributed by atoms with Crippen LogP contribution in [0.5, 0.6) is 5.75 Å². The van der Waals surface area contributed by atoms with E-state index in [4.69, 9.17) is 4.74 Å². The van der Waals surface area contributed by atoms with Crippen molar-refractivity contribution in [1.82, 2.24) is 10.2 Å². The van der Waals surface area contributed by atoms with Gasteiger partial charge in [0.1, 0.15) is 9.54 Å². The Balaban J connectivity index is 2.16. The minimum Gasteiger partial charge on any atom is -0.495 e. The highest BCUT2D eigenvalue weighted by Crippen LogP contribution is 2.35. The standard InChI is InChI=1S/C14H21BrN2O2S/c1-3-8-17(10-4-6-16-7-5-10)14(18)12-9-11(19-2)13(15)20-12/h9-10,16H,3-8H2,1-2H3. The van der Waals surface area contributed by atoms with Crippen LogP contribution in [0.1, 0.15) is 35.9 Å². The van der Waals surface area contributed by atoms with Gasteiger partial charge in [-0.2, -0.15) is 0 Å². The van der Waals surface area contributed by atoms with Crippen molar-refractivity contribution < 1.29 is 9.53 Å². The molecule has 6 heteroatoms. The Morgan fingerprint density at radius 2 is 2.25 bits per heavy atom. The maximum Gasteiger partial charge on any atom is 0.264 e. The number of piperidine rings is 1. The first-order valence-electron chi connectivity index (χ1n) is 7.02. The quantitative estimate of drug-likeness (QED) is 0.876. The molecule has 0 radical (unpaired) electrons. The molecule has 0 bridgehead atoms. The molecule has 20 heavy (non-hydrogen) atoms. The van der Waals surface area contributed by atoms with Crippen LogP contribution in [-0.4, -0.2) is 43.6 Å². The number of nitrogens with zero attached hydrogens (tertiary/aromatic N) is 1. The van der Waals surface area contributed by atoms with Crippen molar-refractivity contribution in [3.63, 3.8) is 0 Å². The number of rotatable bonds is 5. The number of amides is 1. The monoisotopic (exact) mass is 360 g/mol. The van der Waals surface area contributed by atoms with Crippen LogP contribution in [0.15, 0.2) is 9.85 Å². The van der Waals surface area contributed by atoms with Gasteiger partial charge in [0.05, 0.1) is 12.0 Å². The van der Waals surface area contributed by atoms with Gasteiger partial charge in [-0.1, -0.05) is 6.92 Å². The number of methoxy groups -OCH3 is 1. The molecule has 1 aromatic rings. The lowest BCUT2D eigenvalue weighted by molar-refractivity contribution is 0.0647. The highest BCUT2D eigenvalue weighted by Gasteiger charge is 2.27. The Bertz CT molecular complexity index is 458. The number of hydrogen-bond donors (Lipinski definition) is 1. The topological polar surface area (TPSA) is 41.6 Å². The Morgan fingerprint density at radius 1 is 1.55 bits per heavy atom. The summed E-state index contributed by atoms with van der Waals surface area (Å²) in [6.07, 6.45) is 3.06. The maximum absolute atomic E-state index is 12.8. The van der Waals surface area contributed by atoms with Crippen LogP contribution in [0, 0.1) is 0 Å². The van der Waals surface area contributed by atoms with E-state index in [9.17, 15) is 4.79 Å². The summed E-state index contributed by atoms with van der Waals surface area (Å²) in [7, 11) is 1.62. The van der Waals surface area contributed by atoms with Crippen molar-refractivity contribution in [2.45, 2.75) is 32.2 Å². The van der Waals surface area contributed by atoms with Crippen molar-refractivity contribution in [3.05, 3.63) is 14.7 Å². The molecule has 1 aliphatic heterocycles. The first-order valence-corrected chi connectivity index (χ1v) is 8.63. The molecule has 0 saturated carbocycles. The molecule has 0 atom stereocenters. The summed E-state index contributed by atoms with van der Waals surface area (Å²) in [5.74, 6) is 0.868. The lowest BCUT2D eigenvalue weighted by Gasteiger charge is -2.34. The summed E-state index contributed by atoms with van der Waals surface area (Å²) in [6.45, 7) is 4.93. The lowest BCUT2D eigenvalue weighted by atomic mass is 10.0. The minimum atomic E-state index is 0.132. The fraction of sp³-hybridized carbons (Fsp3) is 0.643. The average molecular weight is 361 g/mol. The van der Waals surface area contributed by atoms with Gasteiger partial charge < -0.3 is 15.0 Å². The Morgan fingerprint density at radius 3 is 2.80 bits per heavy atom. The van der Waals surface area contributed by atoms with Crippen molar-refractivity contribution >= 4 is 33.2 Å². The second-order valence-corrected chi connectivity index (χ2v) is 7.30. The van der Waals surface area contributed by atoms with E-state index in [0.717, 1.165) is 53.3 Å². The van der Waals surface area contributed by atoms with Crippen molar-refractivity contribution in [1.29, 1.82) is 0 Å². The summed E-state index contributed by atoms with van der Waals surface area (Å²) in [5, 5.41) is 3.35. The van der Waals surface area contributed by atoms with Gasteiger partial charge >= 0.3 is 0 Å². The Labute approximate surface area is 132 Å². The van der Waals surface area contributed by atoms with Gasteiger partial charge in [-0.25, -0.2) is 0 Å². The van der Waals surface area contributed by atoms with E-state index in [1.807, 2.05) is 11.0 Å². The van der Waals surface area contributed by atoms with E-state index in [1.165, 1.54) is 11.3 Å². The molecule has 0 aromatic carbocycles. The van der Waals surface area contributed by atoms with E-state index < -0.39 is 0 Å². The average Bonchev–Trinajstić information content (AvgIpc) is 2.86. The second-order valence-electron chi connectivity index (χ2n) is 4.93. The predicted molar refractivity (Wildman–Crippen MR) is 85.8 cm³/mol. The molecule has 0 unspecified atom stereocenters. The van der Waals surface area contributed by atoms with Gasteiger partial charge in [-0.15, -0.1) is 11.3 Å². The number of hydrogen-bond acceptors (Lipinski definition) is 4. The van der Waals surface area contributed by atoms with E-state index >= 15 is 0 Å². The van der Waals surface area contributed by atoms with Gasteiger partial charge in [0.15, 0.2) is 0 Å². The predicted octanol–water partition coefficient (Wildman–Crippen LogP) is 3.12. The summed E-state index contributed by atoms with van der Waals surface area (Å²) >= 11 is 4.89. The molecule has 1 N–H and O–H groups in total. The third-order valence-electron chi connectivity index (χ3n) is 3.56. The molecule has 0 spiro atoms. The number of ether oxygens (including phenoxy) is 1. The third kappa shape index (κ3) is 3.54. The zero-order valence-corrected chi connectivity index (χ0v) is 14.3. The first-order chi connectivity index (χ1) is 9.67. The molecular formula is C14H21BrN2O2S. The number of nitrogens with one attached hydrogen (secondary N) is 1. The molecule has 1 fully saturated rings. The SMILES string of the molecule is CCCN(C(=O)c1cc(OC)c(Br)s1)C1CCNCC1.